The van der Waals surface area contributed by atoms with Crippen molar-refractivity contribution < 1.29 is 22.7 Å². The third-order valence-corrected chi connectivity index (χ3v) is 8.02. The van der Waals surface area contributed by atoms with E-state index in [0.717, 1.165) is 5.56 Å². The number of ether oxygens (including phenoxy) is 2. The molecule has 0 aliphatic carbocycles. The van der Waals surface area contributed by atoms with Crippen molar-refractivity contribution >= 4 is 16.1 Å². The highest BCUT2D eigenvalue weighted by Gasteiger charge is 2.65. The Bertz CT molecular complexity index is 874. The van der Waals surface area contributed by atoms with Crippen LogP contribution >= 0.6 is 0 Å². The maximum atomic E-state index is 13.2. The largest absolute Gasteiger partial charge is 0.497 e. The number of benzene rings is 1. The van der Waals surface area contributed by atoms with Crippen LogP contribution in [-0.2, 0) is 21.3 Å². The van der Waals surface area contributed by atoms with Crippen molar-refractivity contribution in [2.75, 3.05) is 26.7 Å². The molecular weight excluding hydrogens is 382 g/mol. The monoisotopic (exact) mass is 409 g/mol. The molecule has 0 radical (unpaired) electrons. The van der Waals surface area contributed by atoms with E-state index in [-0.39, 0.29) is 31.3 Å². The number of amides is 2. The normalized spacial score (nSPS) is 31.1. The summed E-state index contributed by atoms with van der Waals surface area (Å²) in [4.78, 5) is 14.2. The number of hydrogen-bond acceptors (Lipinski definition) is 5. The first-order valence-electron chi connectivity index (χ1n) is 9.59. The molecular formula is C19H27N3O5S. The second-order valence-electron chi connectivity index (χ2n) is 8.18. The molecule has 28 heavy (non-hydrogen) atoms. The van der Waals surface area contributed by atoms with Gasteiger partial charge in [0.25, 0.3) is 0 Å². The standard InChI is InChI=1S/C19H27N3O5S/c1-13(2)20-18(23)21-10-16-8-17-19(11-21,27-16)12-22(28(17,24)25)9-14-5-4-6-15(7-14)26-3/h4-7,13,16-17H,8-12H2,1-3H3,(H,20,23)/t16-,17+,19+/m0/s1. The number of sulfonamides is 1. The molecule has 9 heteroatoms. The van der Waals surface area contributed by atoms with Gasteiger partial charge >= 0.3 is 6.03 Å². The molecule has 3 aliphatic heterocycles. The SMILES string of the molecule is COc1cccc(CN2C[C@]34CN(C(=O)NC(C)C)C[C@H](C[C@H]3S2(=O)=O)O4)c1. The molecule has 2 bridgehead atoms. The second-order valence-corrected chi connectivity index (χ2v) is 10.3. The van der Waals surface area contributed by atoms with E-state index in [9.17, 15) is 13.2 Å². The number of nitrogens with zero attached hydrogens (tertiary/aromatic N) is 2. The van der Waals surface area contributed by atoms with Crippen LogP contribution in [0.4, 0.5) is 4.79 Å². The summed E-state index contributed by atoms with van der Waals surface area (Å²) in [5.41, 5.74) is 0.00985. The maximum Gasteiger partial charge on any atom is 0.317 e. The predicted molar refractivity (Wildman–Crippen MR) is 104 cm³/mol. The van der Waals surface area contributed by atoms with Gasteiger partial charge in [0.2, 0.25) is 10.0 Å². The summed E-state index contributed by atoms with van der Waals surface area (Å²) in [5, 5.41) is 2.29. The minimum atomic E-state index is -3.51. The Hall–Kier alpha value is -1.84. The topological polar surface area (TPSA) is 88.2 Å². The average Bonchev–Trinajstić information content (AvgIpc) is 3.00. The van der Waals surface area contributed by atoms with E-state index in [1.807, 2.05) is 38.1 Å². The number of morpholine rings is 1. The highest BCUT2D eigenvalue weighted by atomic mass is 32.2. The maximum absolute atomic E-state index is 13.2. The van der Waals surface area contributed by atoms with Crippen LogP contribution in [0.3, 0.4) is 0 Å². The second kappa shape index (κ2) is 6.89. The highest BCUT2D eigenvalue weighted by Crippen LogP contribution is 2.47. The van der Waals surface area contributed by atoms with Crippen LogP contribution in [-0.4, -0.2) is 73.4 Å². The molecule has 0 unspecified atom stereocenters. The van der Waals surface area contributed by atoms with Crippen molar-refractivity contribution in [3.8, 4) is 5.75 Å². The molecule has 3 heterocycles. The Morgan fingerprint density at radius 3 is 2.89 bits per heavy atom. The van der Waals surface area contributed by atoms with Gasteiger partial charge in [0.05, 0.1) is 19.8 Å². The summed E-state index contributed by atoms with van der Waals surface area (Å²) in [7, 11) is -1.92. The average molecular weight is 410 g/mol. The minimum Gasteiger partial charge on any atom is -0.497 e. The van der Waals surface area contributed by atoms with Crippen LogP contribution in [0.1, 0.15) is 25.8 Å². The van der Waals surface area contributed by atoms with Crippen LogP contribution in [0, 0.1) is 0 Å². The number of likely N-dealkylation sites (tertiary alicyclic amines) is 1. The Morgan fingerprint density at radius 2 is 2.18 bits per heavy atom. The van der Waals surface area contributed by atoms with Crippen LogP contribution in [0.5, 0.6) is 5.75 Å². The van der Waals surface area contributed by atoms with E-state index in [0.29, 0.717) is 25.3 Å². The minimum absolute atomic E-state index is 0.0261. The Balaban J connectivity index is 1.56. The third-order valence-electron chi connectivity index (χ3n) is 5.70. The van der Waals surface area contributed by atoms with Gasteiger partial charge in [0.15, 0.2) is 0 Å². The van der Waals surface area contributed by atoms with Gasteiger partial charge < -0.3 is 19.7 Å². The number of methoxy groups -OCH3 is 1. The molecule has 0 aromatic heterocycles. The fourth-order valence-electron chi connectivity index (χ4n) is 4.56. The molecule has 0 saturated carbocycles. The molecule has 3 aliphatic rings. The van der Waals surface area contributed by atoms with Gasteiger partial charge in [-0.1, -0.05) is 12.1 Å². The predicted octanol–water partition coefficient (Wildman–Crippen LogP) is 1.17. The van der Waals surface area contributed by atoms with Crippen molar-refractivity contribution in [2.45, 2.75) is 49.8 Å². The van der Waals surface area contributed by atoms with Crippen molar-refractivity contribution in [3.05, 3.63) is 29.8 Å². The van der Waals surface area contributed by atoms with Gasteiger partial charge in [-0.25, -0.2) is 13.2 Å². The van der Waals surface area contributed by atoms with Crippen molar-refractivity contribution in [1.29, 1.82) is 0 Å². The Labute approximate surface area is 165 Å². The zero-order valence-electron chi connectivity index (χ0n) is 16.4. The molecule has 1 aromatic rings. The number of rotatable bonds is 4. The van der Waals surface area contributed by atoms with Crippen LogP contribution < -0.4 is 10.1 Å². The van der Waals surface area contributed by atoms with Crippen LogP contribution in [0.2, 0.25) is 0 Å². The summed E-state index contributed by atoms with van der Waals surface area (Å²) in [6.45, 7) is 5.07. The molecule has 3 saturated heterocycles. The van der Waals surface area contributed by atoms with Crippen LogP contribution in [0.15, 0.2) is 24.3 Å². The third kappa shape index (κ3) is 3.25. The van der Waals surface area contributed by atoms with E-state index in [2.05, 4.69) is 5.32 Å². The van der Waals surface area contributed by atoms with E-state index >= 15 is 0 Å². The highest BCUT2D eigenvalue weighted by molar-refractivity contribution is 7.90. The zero-order chi connectivity index (χ0) is 20.1. The number of nitrogens with one attached hydrogen (secondary N) is 1. The van der Waals surface area contributed by atoms with E-state index in [1.165, 1.54) is 4.31 Å². The van der Waals surface area contributed by atoms with Gasteiger partial charge in [-0.15, -0.1) is 0 Å². The molecule has 1 aromatic carbocycles. The Kier molecular flexibility index (Phi) is 4.79. The first-order valence-corrected chi connectivity index (χ1v) is 11.1. The van der Waals surface area contributed by atoms with E-state index in [1.54, 1.807) is 12.0 Å². The molecule has 154 valence electrons. The quantitative estimate of drug-likeness (QED) is 0.807. The molecule has 4 rings (SSSR count). The lowest BCUT2D eigenvalue weighted by atomic mass is 9.99. The van der Waals surface area contributed by atoms with Crippen molar-refractivity contribution in [3.63, 3.8) is 0 Å². The van der Waals surface area contributed by atoms with Gasteiger partial charge in [-0.05, 0) is 38.0 Å². The summed E-state index contributed by atoms with van der Waals surface area (Å²) in [6, 6.07) is 7.27. The number of fused-ring (bicyclic) bond motifs is 1. The fourth-order valence-corrected chi connectivity index (χ4v) is 6.85. The molecule has 2 amide bonds. The summed E-state index contributed by atoms with van der Waals surface area (Å²) >= 11 is 0. The molecule has 1 spiro atoms. The summed E-state index contributed by atoms with van der Waals surface area (Å²) in [5.74, 6) is 0.693. The summed E-state index contributed by atoms with van der Waals surface area (Å²) in [6.07, 6.45) is 0.202. The molecule has 8 nitrogen and oxygen atoms in total. The van der Waals surface area contributed by atoms with Gasteiger partial charge in [-0.2, -0.15) is 4.31 Å². The summed E-state index contributed by atoms with van der Waals surface area (Å²) < 4.78 is 39.3. The lowest BCUT2D eigenvalue weighted by molar-refractivity contribution is -0.0959. The number of hydrogen-bond donors (Lipinski definition) is 1. The zero-order valence-corrected chi connectivity index (χ0v) is 17.2. The number of carbonyl (C=O) groups excluding carboxylic acids is 1. The van der Waals surface area contributed by atoms with E-state index < -0.39 is 20.9 Å². The smallest absolute Gasteiger partial charge is 0.317 e. The Morgan fingerprint density at radius 1 is 1.39 bits per heavy atom. The first-order chi connectivity index (χ1) is 13.2. The van der Waals surface area contributed by atoms with Crippen LogP contribution in [0.25, 0.3) is 0 Å². The number of urea groups is 1. The number of carbonyl (C=O) groups is 1. The van der Waals surface area contributed by atoms with E-state index in [4.69, 9.17) is 9.47 Å². The van der Waals surface area contributed by atoms with Crippen molar-refractivity contribution in [2.24, 2.45) is 0 Å². The molecule has 1 N–H and O–H groups in total. The lowest BCUT2D eigenvalue weighted by Crippen LogP contribution is -2.58. The van der Waals surface area contributed by atoms with Gasteiger partial charge in [0.1, 0.15) is 16.6 Å². The molecule has 3 atom stereocenters. The van der Waals surface area contributed by atoms with Crippen molar-refractivity contribution in [1.82, 2.24) is 14.5 Å². The fraction of sp³-hybridized carbons (Fsp3) is 0.632. The van der Waals surface area contributed by atoms with Gasteiger partial charge in [-0.3, -0.25) is 0 Å². The van der Waals surface area contributed by atoms with Gasteiger partial charge in [0, 0.05) is 25.7 Å². The molecule has 3 fully saturated rings. The first kappa shape index (κ1) is 19.5. The lowest BCUT2D eigenvalue weighted by Gasteiger charge is -2.39.